The van der Waals surface area contributed by atoms with E-state index in [9.17, 15) is 10.1 Å². The molecule has 0 saturated heterocycles. The van der Waals surface area contributed by atoms with Gasteiger partial charge >= 0.3 is 0 Å². The van der Waals surface area contributed by atoms with Crippen LogP contribution in [0.25, 0.3) is 0 Å². The second-order valence-electron chi connectivity index (χ2n) is 3.96. The fourth-order valence-electron chi connectivity index (χ4n) is 1.60. The maximum Gasteiger partial charge on any atom is 0.274 e. The minimum atomic E-state index is -0.375. The number of para-hydroxylation sites is 1. The third-order valence-electron chi connectivity index (χ3n) is 2.56. The Bertz CT molecular complexity index is 552. The van der Waals surface area contributed by atoms with Crippen LogP contribution in [0.4, 0.5) is 11.5 Å². The van der Waals surface area contributed by atoms with Gasteiger partial charge in [0.15, 0.2) is 0 Å². The molecular weight excluding hydrogens is 230 g/mol. The first-order valence-electron chi connectivity index (χ1n) is 5.55. The second-order valence-corrected chi connectivity index (χ2v) is 3.96. The van der Waals surface area contributed by atoms with Crippen LogP contribution in [0.15, 0.2) is 42.6 Å². The van der Waals surface area contributed by atoms with Gasteiger partial charge in [0.1, 0.15) is 5.82 Å². The number of rotatable bonds is 4. The molecule has 0 aliphatic rings. The van der Waals surface area contributed by atoms with Crippen LogP contribution in [0.3, 0.4) is 0 Å². The number of nitro groups is 1. The van der Waals surface area contributed by atoms with Crippen LogP contribution in [0.5, 0.6) is 0 Å². The van der Waals surface area contributed by atoms with E-state index in [2.05, 4.69) is 10.3 Å². The maximum absolute atomic E-state index is 10.8. The van der Waals surface area contributed by atoms with Crippen LogP contribution in [-0.4, -0.2) is 9.91 Å². The number of nitrogens with one attached hydrogen (secondary N) is 1. The van der Waals surface area contributed by atoms with E-state index >= 15 is 0 Å². The average Bonchev–Trinajstić information content (AvgIpc) is 2.38. The molecule has 18 heavy (non-hydrogen) atoms. The van der Waals surface area contributed by atoms with Crippen molar-refractivity contribution in [1.82, 2.24) is 4.98 Å². The number of pyridine rings is 1. The first kappa shape index (κ1) is 12.0. The summed E-state index contributed by atoms with van der Waals surface area (Å²) < 4.78 is 0. The highest BCUT2D eigenvalue weighted by Gasteiger charge is 2.11. The summed E-state index contributed by atoms with van der Waals surface area (Å²) in [7, 11) is 0. The number of nitrogens with zero attached hydrogens (tertiary/aromatic N) is 2. The minimum absolute atomic E-state index is 0.122. The van der Waals surface area contributed by atoms with Gasteiger partial charge in [-0.3, -0.25) is 10.1 Å². The van der Waals surface area contributed by atoms with Gasteiger partial charge in [0.05, 0.1) is 4.92 Å². The summed E-state index contributed by atoms with van der Waals surface area (Å²) in [5, 5.41) is 13.9. The van der Waals surface area contributed by atoms with Gasteiger partial charge in [0, 0.05) is 24.4 Å². The predicted octanol–water partition coefficient (Wildman–Crippen LogP) is 2.91. The molecule has 0 bridgehead atoms. The maximum atomic E-state index is 10.8. The second kappa shape index (κ2) is 5.27. The van der Waals surface area contributed by atoms with Crippen LogP contribution in [0, 0.1) is 17.0 Å². The summed E-state index contributed by atoms with van der Waals surface area (Å²) in [6.45, 7) is 2.34. The summed E-state index contributed by atoms with van der Waals surface area (Å²) in [6, 6.07) is 10.5. The fourth-order valence-corrected chi connectivity index (χ4v) is 1.60. The van der Waals surface area contributed by atoms with Crippen molar-refractivity contribution in [3.63, 3.8) is 0 Å². The van der Waals surface area contributed by atoms with E-state index in [0.29, 0.717) is 17.9 Å². The molecule has 0 fully saturated rings. The Balaban J connectivity index is 2.10. The Kier molecular flexibility index (Phi) is 3.52. The molecule has 0 unspecified atom stereocenters. The smallest absolute Gasteiger partial charge is 0.274 e. The molecule has 2 rings (SSSR count). The van der Waals surface area contributed by atoms with E-state index in [1.54, 1.807) is 24.4 Å². The summed E-state index contributed by atoms with van der Waals surface area (Å²) >= 11 is 0. The first-order valence-corrected chi connectivity index (χ1v) is 5.55. The summed E-state index contributed by atoms with van der Waals surface area (Å²) in [5.41, 5.74) is 1.84. The quantitative estimate of drug-likeness (QED) is 0.662. The monoisotopic (exact) mass is 243 g/mol. The van der Waals surface area contributed by atoms with E-state index in [-0.39, 0.29) is 10.6 Å². The predicted molar refractivity (Wildman–Crippen MR) is 69.4 cm³/mol. The molecular formula is C13H13N3O2. The molecule has 1 N–H and O–H groups in total. The van der Waals surface area contributed by atoms with Crippen LogP contribution in [0.2, 0.25) is 0 Å². The molecule has 5 nitrogen and oxygen atoms in total. The number of nitro benzene ring substituents is 1. The number of anilines is 1. The van der Waals surface area contributed by atoms with Gasteiger partial charge < -0.3 is 5.32 Å². The zero-order valence-corrected chi connectivity index (χ0v) is 9.96. The number of aromatic nitrogens is 1. The zero-order chi connectivity index (χ0) is 13.0. The molecule has 1 aromatic carbocycles. The van der Waals surface area contributed by atoms with E-state index in [4.69, 9.17) is 0 Å². The number of aryl methyl sites for hydroxylation is 1. The van der Waals surface area contributed by atoms with Crippen molar-refractivity contribution in [1.29, 1.82) is 0 Å². The Morgan fingerprint density at radius 3 is 2.72 bits per heavy atom. The van der Waals surface area contributed by atoms with Crippen molar-refractivity contribution >= 4 is 11.5 Å². The SMILES string of the molecule is Cc1ccc(NCc2ccccc2[N+](=O)[O-])nc1. The molecule has 0 aliphatic carbocycles. The summed E-state index contributed by atoms with van der Waals surface area (Å²) in [5.74, 6) is 0.707. The van der Waals surface area contributed by atoms with Crippen molar-refractivity contribution in [2.24, 2.45) is 0 Å². The fraction of sp³-hybridized carbons (Fsp3) is 0.154. The van der Waals surface area contributed by atoms with Gasteiger partial charge in [0.25, 0.3) is 5.69 Å². The first-order chi connectivity index (χ1) is 8.66. The van der Waals surface area contributed by atoms with Crippen molar-refractivity contribution in [2.75, 3.05) is 5.32 Å². The Morgan fingerprint density at radius 1 is 1.28 bits per heavy atom. The number of benzene rings is 1. The molecule has 0 aliphatic heterocycles. The van der Waals surface area contributed by atoms with Gasteiger partial charge in [-0.25, -0.2) is 4.98 Å². The summed E-state index contributed by atoms with van der Waals surface area (Å²) in [4.78, 5) is 14.7. The highest BCUT2D eigenvalue weighted by atomic mass is 16.6. The lowest BCUT2D eigenvalue weighted by Gasteiger charge is -2.06. The molecule has 0 saturated carbocycles. The van der Waals surface area contributed by atoms with Crippen molar-refractivity contribution in [2.45, 2.75) is 13.5 Å². The highest BCUT2D eigenvalue weighted by molar-refractivity contribution is 5.43. The van der Waals surface area contributed by atoms with E-state index < -0.39 is 0 Å². The largest absolute Gasteiger partial charge is 0.366 e. The molecule has 1 aromatic heterocycles. The van der Waals surface area contributed by atoms with Crippen LogP contribution in [0.1, 0.15) is 11.1 Å². The standard InChI is InChI=1S/C13H13N3O2/c1-10-6-7-13(14-8-10)15-9-11-4-2-3-5-12(11)16(17)18/h2-8H,9H2,1H3,(H,14,15). The van der Waals surface area contributed by atoms with Gasteiger partial charge in [-0.05, 0) is 18.6 Å². The van der Waals surface area contributed by atoms with Crippen LogP contribution >= 0.6 is 0 Å². The number of hydrogen-bond acceptors (Lipinski definition) is 4. The Morgan fingerprint density at radius 2 is 2.06 bits per heavy atom. The lowest BCUT2D eigenvalue weighted by atomic mass is 10.2. The van der Waals surface area contributed by atoms with Crippen LogP contribution < -0.4 is 5.32 Å². The van der Waals surface area contributed by atoms with Gasteiger partial charge in [0.2, 0.25) is 0 Å². The van der Waals surface area contributed by atoms with E-state index in [1.165, 1.54) is 6.07 Å². The van der Waals surface area contributed by atoms with E-state index in [0.717, 1.165) is 5.56 Å². The molecule has 0 radical (unpaired) electrons. The molecule has 1 heterocycles. The Hall–Kier alpha value is -2.43. The lowest BCUT2D eigenvalue weighted by molar-refractivity contribution is -0.385. The molecule has 5 heteroatoms. The van der Waals surface area contributed by atoms with Crippen molar-refractivity contribution in [3.05, 3.63) is 63.8 Å². The van der Waals surface area contributed by atoms with Gasteiger partial charge in [-0.1, -0.05) is 24.3 Å². The third-order valence-corrected chi connectivity index (χ3v) is 2.56. The summed E-state index contributed by atoms with van der Waals surface area (Å²) in [6.07, 6.45) is 1.75. The zero-order valence-electron chi connectivity index (χ0n) is 9.96. The molecule has 0 atom stereocenters. The normalized spacial score (nSPS) is 10.1. The van der Waals surface area contributed by atoms with Crippen molar-refractivity contribution < 1.29 is 4.92 Å². The van der Waals surface area contributed by atoms with Crippen LogP contribution in [-0.2, 0) is 6.54 Å². The topological polar surface area (TPSA) is 68.1 Å². The van der Waals surface area contributed by atoms with E-state index in [1.807, 2.05) is 19.1 Å². The Labute approximate surface area is 105 Å². The molecule has 0 amide bonds. The lowest BCUT2D eigenvalue weighted by Crippen LogP contribution is -2.04. The third kappa shape index (κ3) is 2.82. The average molecular weight is 243 g/mol. The minimum Gasteiger partial charge on any atom is -0.366 e. The van der Waals surface area contributed by atoms with Gasteiger partial charge in [-0.2, -0.15) is 0 Å². The molecule has 0 spiro atoms. The highest BCUT2D eigenvalue weighted by Crippen LogP contribution is 2.18. The number of hydrogen-bond donors (Lipinski definition) is 1. The molecule has 2 aromatic rings. The molecule has 92 valence electrons. The van der Waals surface area contributed by atoms with Gasteiger partial charge in [-0.15, -0.1) is 0 Å². The van der Waals surface area contributed by atoms with Crippen molar-refractivity contribution in [3.8, 4) is 0 Å².